The molecular formula is C22H41NO2. The molecule has 0 unspecified atom stereocenters. The molecule has 0 amide bonds. The summed E-state index contributed by atoms with van der Waals surface area (Å²) in [5, 5.41) is 9.62. The molecule has 0 fully saturated rings. The fourth-order valence-corrected chi connectivity index (χ4v) is 2.54. The topological polar surface area (TPSA) is 55.5 Å². The van der Waals surface area contributed by atoms with Crippen LogP contribution in [0, 0.1) is 0 Å². The number of phenols is 1. The summed E-state index contributed by atoms with van der Waals surface area (Å²) in [7, 11) is 0. The number of nitrogen functional groups attached to an aromatic ring is 1. The number of aromatic hydroxyl groups is 1. The molecule has 0 bridgehead atoms. The number of nitrogens with two attached hydrogens (primary N) is 1. The highest BCUT2D eigenvalue weighted by Gasteiger charge is 2.09. The van der Waals surface area contributed by atoms with E-state index in [0.717, 1.165) is 44.5 Å². The zero-order valence-corrected chi connectivity index (χ0v) is 17.1. The van der Waals surface area contributed by atoms with Gasteiger partial charge in [0.25, 0.3) is 0 Å². The van der Waals surface area contributed by atoms with Crippen molar-refractivity contribution in [3.63, 3.8) is 0 Å². The van der Waals surface area contributed by atoms with Gasteiger partial charge in [-0.25, -0.2) is 0 Å². The van der Waals surface area contributed by atoms with Crippen LogP contribution in [0.2, 0.25) is 0 Å². The van der Waals surface area contributed by atoms with Crippen molar-refractivity contribution >= 4 is 5.69 Å². The number of aryl methyl sites for hydroxylation is 1. The lowest BCUT2D eigenvalue weighted by Crippen LogP contribution is -2.01. The molecule has 1 aromatic rings. The lowest BCUT2D eigenvalue weighted by atomic mass is 9.96. The highest BCUT2D eigenvalue weighted by molar-refractivity contribution is 5.60. The van der Waals surface area contributed by atoms with Gasteiger partial charge in [-0.3, -0.25) is 0 Å². The molecule has 3 heteroatoms. The Morgan fingerprint density at radius 3 is 1.84 bits per heavy atom. The summed E-state index contributed by atoms with van der Waals surface area (Å²) in [4.78, 5) is 0. The minimum absolute atomic E-state index is 0.228. The van der Waals surface area contributed by atoms with E-state index >= 15 is 0 Å². The van der Waals surface area contributed by atoms with E-state index in [2.05, 4.69) is 27.7 Å². The smallest absolute Gasteiger partial charge is 0.138 e. The molecular weight excluding hydrogens is 310 g/mol. The lowest BCUT2D eigenvalue weighted by Gasteiger charge is -2.13. The van der Waals surface area contributed by atoms with Crippen molar-refractivity contribution in [3.8, 4) is 5.75 Å². The second kappa shape index (κ2) is 16.3. The number of ether oxygens (including phenoxy) is 1. The fraction of sp³-hybridized carbons (Fsp3) is 0.727. The van der Waals surface area contributed by atoms with Gasteiger partial charge in [-0.2, -0.15) is 0 Å². The fourth-order valence-electron chi connectivity index (χ4n) is 2.54. The summed E-state index contributed by atoms with van der Waals surface area (Å²) in [6, 6.07) is 3.74. The maximum atomic E-state index is 9.62. The standard InChI is InChI=1S/C14H23NO.C8H18O/c1-3-5-7-11-9-10-13(16)14(15)12(11)8-6-4-2;1-3-5-7-9-8-6-4-2/h9-10,16H,3-8,15H2,1-2H3;3-8H2,1-2H3. The normalized spacial score (nSPS) is 10.4. The first-order valence-electron chi connectivity index (χ1n) is 10.3. The zero-order chi connectivity index (χ0) is 18.9. The first kappa shape index (κ1) is 23.8. The number of phenolic OH excluding ortho intramolecular Hbond substituents is 1. The van der Waals surface area contributed by atoms with Crippen molar-refractivity contribution in [2.24, 2.45) is 0 Å². The van der Waals surface area contributed by atoms with E-state index in [1.165, 1.54) is 44.1 Å². The van der Waals surface area contributed by atoms with Gasteiger partial charge in [0, 0.05) is 13.2 Å². The summed E-state index contributed by atoms with van der Waals surface area (Å²) >= 11 is 0. The Hall–Kier alpha value is -1.22. The predicted octanol–water partition coefficient (Wildman–Crippen LogP) is 6.26. The minimum atomic E-state index is 0.228. The Balaban J connectivity index is 0.000000547. The summed E-state index contributed by atoms with van der Waals surface area (Å²) in [5.74, 6) is 0.228. The van der Waals surface area contributed by atoms with Crippen molar-refractivity contribution in [2.75, 3.05) is 18.9 Å². The molecule has 0 atom stereocenters. The molecule has 25 heavy (non-hydrogen) atoms. The summed E-state index contributed by atoms with van der Waals surface area (Å²) < 4.78 is 5.31. The van der Waals surface area contributed by atoms with Crippen LogP contribution in [-0.2, 0) is 17.6 Å². The maximum absolute atomic E-state index is 9.62. The second-order valence-corrected chi connectivity index (χ2v) is 6.66. The van der Waals surface area contributed by atoms with Gasteiger partial charge in [0.15, 0.2) is 0 Å². The van der Waals surface area contributed by atoms with Crippen molar-refractivity contribution < 1.29 is 9.84 Å². The molecule has 0 saturated heterocycles. The number of rotatable bonds is 12. The van der Waals surface area contributed by atoms with Crippen LogP contribution in [-0.4, -0.2) is 18.3 Å². The highest BCUT2D eigenvalue weighted by Crippen LogP contribution is 2.29. The van der Waals surface area contributed by atoms with Crippen LogP contribution < -0.4 is 5.73 Å². The molecule has 0 spiro atoms. The average molecular weight is 352 g/mol. The average Bonchev–Trinajstić information content (AvgIpc) is 2.62. The largest absolute Gasteiger partial charge is 0.506 e. The lowest BCUT2D eigenvalue weighted by molar-refractivity contribution is 0.128. The molecule has 1 aromatic carbocycles. The van der Waals surface area contributed by atoms with E-state index < -0.39 is 0 Å². The minimum Gasteiger partial charge on any atom is -0.506 e. The molecule has 0 aliphatic heterocycles. The Kier molecular flexibility index (Phi) is 15.5. The highest BCUT2D eigenvalue weighted by atomic mass is 16.5. The number of benzene rings is 1. The van der Waals surface area contributed by atoms with Gasteiger partial charge in [0.2, 0.25) is 0 Å². The van der Waals surface area contributed by atoms with Gasteiger partial charge in [0.05, 0.1) is 5.69 Å². The quantitative estimate of drug-likeness (QED) is 0.265. The maximum Gasteiger partial charge on any atom is 0.138 e. The van der Waals surface area contributed by atoms with Crippen LogP contribution >= 0.6 is 0 Å². The van der Waals surface area contributed by atoms with Crippen LogP contribution in [0.15, 0.2) is 12.1 Å². The number of anilines is 1. The van der Waals surface area contributed by atoms with Gasteiger partial charge in [0.1, 0.15) is 5.75 Å². The third-order valence-corrected chi connectivity index (χ3v) is 4.30. The van der Waals surface area contributed by atoms with Gasteiger partial charge >= 0.3 is 0 Å². The summed E-state index contributed by atoms with van der Waals surface area (Å²) in [6.45, 7) is 10.6. The monoisotopic (exact) mass is 351 g/mol. The summed E-state index contributed by atoms with van der Waals surface area (Å²) in [5.41, 5.74) is 9.00. The molecule has 0 aromatic heterocycles. The van der Waals surface area contributed by atoms with Crippen molar-refractivity contribution in [1.29, 1.82) is 0 Å². The van der Waals surface area contributed by atoms with Gasteiger partial charge in [-0.1, -0.05) is 59.4 Å². The third kappa shape index (κ3) is 11.1. The van der Waals surface area contributed by atoms with Crippen LogP contribution in [0.4, 0.5) is 5.69 Å². The van der Waals surface area contributed by atoms with Gasteiger partial charge in [-0.15, -0.1) is 0 Å². The summed E-state index contributed by atoms with van der Waals surface area (Å²) in [6.07, 6.45) is 11.6. The third-order valence-electron chi connectivity index (χ3n) is 4.30. The molecule has 3 nitrogen and oxygen atoms in total. The SMILES string of the molecule is CCCCOCCCC.CCCCc1ccc(O)c(N)c1CCCC. The van der Waals surface area contributed by atoms with Crippen molar-refractivity contribution in [1.82, 2.24) is 0 Å². The molecule has 3 N–H and O–H groups in total. The predicted molar refractivity (Wildman–Crippen MR) is 110 cm³/mol. The number of unbranched alkanes of at least 4 members (excludes halogenated alkanes) is 4. The van der Waals surface area contributed by atoms with Gasteiger partial charge in [-0.05, 0) is 55.7 Å². The van der Waals surface area contributed by atoms with E-state index in [1.807, 2.05) is 6.07 Å². The van der Waals surface area contributed by atoms with Crippen LogP contribution in [0.1, 0.15) is 90.2 Å². The molecule has 1 rings (SSSR count). The number of hydrogen-bond donors (Lipinski definition) is 2. The first-order valence-corrected chi connectivity index (χ1v) is 10.3. The van der Waals surface area contributed by atoms with E-state index in [0.29, 0.717) is 5.69 Å². The van der Waals surface area contributed by atoms with Gasteiger partial charge < -0.3 is 15.6 Å². The van der Waals surface area contributed by atoms with E-state index in [9.17, 15) is 5.11 Å². The first-order chi connectivity index (χ1) is 12.1. The molecule has 0 radical (unpaired) electrons. The molecule has 0 heterocycles. The van der Waals surface area contributed by atoms with E-state index in [-0.39, 0.29) is 5.75 Å². The Bertz CT molecular complexity index is 426. The molecule has 0 saturated carbocycles. The second-order valence-electron chi connectivity index (χ2n) is 6.66. The molecule has 0 aliphatic carbocycles. The Morgan fingerprint density at radius 1 is 0.800 bits per heavy atom. The van der Waals surface area contributed by atoms with Crippen molar-refractivity contribution in [2.45, 2.75) is 91.9 Å². The van der Waals surface area contributed by atoms with Crippen LogP contribution in [0.25, 0.3) is 0 Å². The van der Waals surface area contributed by atoms with Crippen molar-refractivity contribution in [3.05, 3.63) is 23.3 Å². The van der Waals surface area contributed by atoms with E-state index in [1.54, 1.807) is 6.07 Å². The zero-order valence-electron chi connectivity index (χ0n) is 17.1. The van der Waals surface area contributed by atoms with Crippen LogP contribution in [0.3, 0.4) is 0 Å². The van der Waals surface area contributed by atoms with Crippen LogP contribution in [0.5, 0.6) is 5.75 Å². The Labute approximate surface area is 156 Å². The Morgan fingerprint density at radius 2 is 1.32 bits per heavy atom. The molecule has 0 aliphatic rings. The molecule has 146 valence electrons. The number of hydrogen-bond acceptors (Lipinski definition) is 3. The van der Waals surface area contributed by atoms with E-state index in [4.69, 9.17) is 10.5 Å².